The van der Waals surface area contributed by atoms with Gasteiger partial charge in [0.15, 0.2) is 0 Å². The van der Waals surface area contributed by atoms with Gasteiger partial charge in [0.25, 0.3) is 0 Å². The molecule has 0 bridgehead atoms. The van der Waals surface area contributed by atoms with E-state index in [4.69, 9.17) is 11.6 Å². The average molecular weight is 365 g/mol. The standard InChI is InChI=1S/C14H10BrClF3N/c1-20-14(9-3-2-7(16)4-10(9)15)13-11(18)5-8(17)6-12(13)19/h2-6,14,20H,1H3. The summed E-state index contributed by atoms with van der Waals surface area (Å²) in [4.78, 5) is 0. The van der Waals surface area contributed by atoms with Crippen LogP contribution < -0.4 is 5.32 Å². The first-order chi connectivity index (χ1) is 9.43. The van der Waals surface area contributed by atoms with Gasteiger partial charge in [0.2, 0.25) is 0 Å². The van der Waals surface area contributed by atoms with Crippen molar-refractivity contribution in [2.75, 3.05) is 7.05 Å². The van der Waals surface area contributed by atoms with Crippen LogP contribution in [0.1, 0.15) is 17.2 Å². The summed E-state index contributed by atoms with van der Waals surface area (Å²) in [7, 11) is 1.56. The van der Waals surface area contributed by atoms with E-state index in [1.807, 2.05) is 0 Å². The van der Waals surface area contributed by atoms with Gasteiger partial charge in [-0.05, 0) is 24.7 Å². The molecule has 6 heteroatoms. The van der Waals surface area contributed by atoms with Crippen molar-refractivity contribution < 1.29 is 13.2 Å². The summed E-state index contributed by atoms with van der Waals surface area (Å²) in [5.74, 6) is -2.83. The molecule has 0 saturated carbocycles. The van der Waals surface area contributed by atoms with Gasteiger partial charge in [-0.2, -0.15) is 0 Å². The Morgan fingerprint density at radius 3 is 2.20 bits per heavy atom. The van der Waals surface area contributed by atoms with Crippen LogP contribution in [0.4, 0.5) is 13.2 Å². The maximum absolute atomic E-state index is 13.9. The fourth-order valence-corrected chi connectivity index (χ4v) is 2.93. The fraction of sp³-hybridized carbons (Fsp3) is 0.143. The second kappa shape index (κ2) is 6.16. The third-order valence-corrected chi connectivity index (χ3v) is 3.82. The summed E-state index contributed by atoms with van der Waals surface area (Å²) in [5.41, 5.74) is 0.359. The molecule has 0 radical (unpaired) electrons. The van der Waals surface area contributed by atoms with Gasteiger partial charge in [-0.1, -0.05) is 33.6 Å². The number of halogens is 5. The monoisotopic (exact) mass is 363 g/mol. The molecule has 0 aliphatic rings. The number of hydrogen-bond donors (Lipinski definition) is 1. The minimum absolute atomic E-state index is 0.239. The van der Waals surface area contributed by atoms with Gasteiger partial charge in [0.05, 0.1) is 6.04 Å². The summed E-state index contributed by atoms with van der Waals surface area (Å²) >= 11 is 9.15. The maximum atomic E-state index is 13.9. The van der Waals surface area contributed by atoms with Crippen molar-refractivity contribution in [3.63, 3.8) is 0 Å². The van der Waals surface area contributed by atoms with Crippen LogP contribution in [0.25, 0.3) is 0 Å². The first-order valence-corrected chi connectivity index (χ1v) is 6.87. The van der Waals surface area contributed by atoms with Gasteiger partial charge in [-0.3, -0.25) is 0 Å². The van der Waals surface area contributed by atoms with Crippen LogP contribution in [0.5, 0.6) is 0 Å². The van der Waals surface area contributed by atoms with Crippen LogP contribution in [0.3, 0.4) is 0 Å². The molecule has 2 aromatic rings. The molecule has 0 heterocycles. The van der Waals surface area contributed by atoms with E-state index >= 15 is 0 Å². The van der Waals surface area contributed by atoms with Crippen molar-refractivity contribution in [3.05, 3.63) is 68.4 Å². The second-order valence-electron chi connectivity index (χ2n) is 4.17. The molecule has 106 valence electrons. The highest BCUT2D eigenvalue weighted by atomic mass is 79.9. The molecule has 0 amide bonds. The fourth-order valence-electron chi connectivity index (χ4n) is 2.02. The van der Waals surface area contributed by atoms with Crippen LogP contribution in [0.15, 0.2) is 34.8 Å². The Balaban J connectivity index is 2.58. The second-order valence-corrected chi connectivity index (χ2v) is 5.46. The van der Waals surface area contributed by atoms with Crippen LogP contribution in [0, 0.1) is 17.5 Å². The van der Waals surface area contributed by atoms with Crippen molar-refractivity contribution >= 4 is 27.5 Å². The summed E-state index contributed by atoms with van der Waals surface area (Å²) in [6, 6.07) is 5.45. The zero-order valence-corrected chi connectivity index (χ0v) is 12.7. The van der Waals surface area contributed by atoms with E-state index in [-0.39, 0.29) is 5.56 Å². The van der Waals surface area contributed by atoms with E-state index in [9.17, 15) is 13.2 Å². The highest BCUT2D eigenvalue weighted by molar-refractivity contribution is 9.10. The van der Waals surface area contributed by atoms with Crippen molar-refractivity contribution in [1.29, 1.82) is 0 Å². The van der Waals surface area contributed by atoms with Crippen molar-refractivity contribution in [2.24, 2.45) is 0 Å². The number of hydrogen-bond acceptors (Lipinski definition) is 1. The normalized spacial score (nSPS) is 12.5. The third-order valence-electron chi connectivity index (χ3n) is 2.89. The largest absolute Gasteiger partial charge is 0.309 e. The molecule has 0 fully saturated rings. The molecular weight excluding hydrogens is 355 g/mol. The Bertz CT molecular complexity index is 625. The molecule has 0 aliphatic carbocycles. The molecule has 1 unspecified atom stereocenters. The number of benzene rings is 2. The average Bonchev–Trinajstić information content (AvgIpc) is 2.34. The van der Waals surface area contributed by atoms with E-state index in [1.54, 1.807) is 25.2 Å². The van der Waals surface area contributed by atoms with Gasteiger partial charge in [0.1, 0.15) is 17.5 Å². The summed E-state index contributed by atoms with van der Waals surface area (Å²) in [6.45, 7) is 0. The van der Waals surface area contributed by atoms with E-state index in [0.29, 0.717) is 27.2 Å². The topological polar surface area (TPSA) is 12.0 Å². The Morgan fingerprint density at radius 1 is 1.10 bits per heavy atom. The van der Waals surface area contributed by atoms with Crippen molar-refractivity contribution in [3.8, 4) is 0 Å². The van der Waals surface area contributed by atoms with E-state index in [1.165, 1.54) is 0 Å². The molecule has 20 heavy (non-hydrogen) atoms. The number of rotatable bonds is 3. The highest BCUT2D eigenvalue weighted by Crippen LogP contribution is 2.33. The molecule has 2 aromatic carbocycles. The Kier molecular flexibility index (Phi) is 4.73. The maximum Gasteiger partial charge on any atom is 0.134 e. The van der Waals surface area contributed by atoms with Gasteiger partial charge in [0, 0.05) is 27.2 Å². The molecular formula is C14H10BrClF3N. The summed E-state index contributed by atoms with van der Waals surface area (Å²) in [6.07, 6.45) is 0. The lowest BCUT2D eigenvalue weighted by Gasteiger charge is -2.20. The molecule has 1 atom stereocenters. The lowest BCUT2D eigenvalue weighted by Crippen LogP contribution is -2.21. The molecule has 2 rings (SSSR count). The SMILES string of the molecule is CNC(c1ccc(Cl)cc1Br)c1c(F)cc(F)cc1F. The minimum atomic E-state index is -0.950. The zero-order chi connectivity index (χ0) is 14.9. The van der Waals surface area contributed by atoms with Crippen LogP contribution in [-0.2, 0) is 0 Å². The summed E-state index contributed by atoms with van der Waals surface area (Å²) in [5, 5.41) is 3.32. The smallest absolute Gasteiger partial charge is 0.134 e. The lowest BCUT2D eigenvalue weighted by atomic mass is 9.97. The molecule has 1 nitrogen and oxygen atoms in total. The molecule has 0 spiro atoms. The third kappa shape index (κ3) is 3.00. The van der Waals surface area contributed by atoms with E-state index in [0.717, 1.165) is 0 Å². The molecule has 0 aromatic heterocycles. The first kappa shape index (κ1) is 15.4. The van der Waals surface area contributed by atoms with Crippen LogP contribution >= 0.6 is 27.5 Å². The summed E-state index contributed by atoms with van der Waals surface area (Å²) < 4.78 is 41.4. The predicted octanol–water partition coefficient (Wildman–Crippen LogP) is 4.83. The van der Waals surface area contributed by atoms with Gasteiger partial charge in [-0.15, -0.1) is 0 Å². The quantitative estimate of drug-likeness (QED) is 0.823. The van der Waals surface area contributed by atoms with Gasteiger partial charge < -0.3 is 5.32 Å². The highest BCUT2D eigenvalue weighted by Gasteiger charge is 2.23. The Hall–Kier alpha value is -1.04. The van der Waals surface area contributed by atoms with Gasteiger partial charge >= 0.3 is 0 Å². The molecule has 0 aliphatic heterocycles. The number of nitrogens with one attached hydrogen (secondary N) is 1. The lowest BCUT2D eigenvalue weighted by molar-refractivity contribution is 0.499. The van der Waals surface area contributed by atoms with Crippen molar-refractivity contribution in [2.45, 2.75) is 6.04 Å². The minimum Gasteiger partial charge on any atom is -0.309 e. The van der Waals surface area contributed by atoms with Gasteiger partial charge in [-0.25, -0.2) is 13.2 Å². The molecule has 0 saturated heterocycles. The van der Waals surface area contributed by atoms with E-state index in [2.05, 4.69) is 21.2 Å². The molecule has 1 N–H and O–H groups in total. The van der Waals surface area contributed by atoms with Crippen LogP contribution in [0.2, 0.25) is 5.02 Å². The zero-order valence-electron chi connectivity index (χ0n) is 10.4. The first-order valence-electron chi connectivity index (χ1n) is 5.70. The predicted molar refractivity (Wildman–Crippen MR) is 76.4 cm³/mol. The van der Waals surface area contributed by atoms with E-state index < -0.39 is 23.5 Å². The Labute approximate surface area is 127 Å². The van der Waals surface area contributed by atoms with Crippen molar-refractivity contribution in [1.82, 2.24) is 5.32 Å². The Morgan fingerprint density at radius 2 is 1.70 bits per heavy atom. The van der Waals surface area contributed by atoms with Crippen LogP contribution in [-0.4, -0.2) is 7.05 Å².